The van der Waals surface area contributed by atoms with Crippen LogP contribution in [0.4, 0.5) is 9.93 Å². The number of piperidine rings is 1. The highest BCUT2D eigenvalue weighted by molar-refractivity contribution is 7.13. The van der Waals surface area contributed by atoms with Crippen molar-refractivity contribution in [2.45, 2.75) is 39.0 Å². The molecule has 1 atom stereocenters. The lowest BCUT2D eigenvalue weighted by molar-refractivity contribution is -0.143. The van der Waals surface area contributed by atoms with Gasteiger partial charge in [0.1, 0.15) is 0 Å². The summed E-state index contributed by atoms with van der Waals surface area (Å²) in [4.78, 5) is 29.2. The van der Waals surface area contributed by atoms with Gasteiger partial charge in [-0.1, -0.05) is 20.8 Å². The maximum Gasteiger partial charge on any atom is 0.323 e. The number of rotatable bonds is 2. The van der Waals surface area contributed by atoms with Crippen molar-refractivity contribution in [1.82, 2.24) is 9.88 Å². The first kappa shape index (κ1) is 15.8. The third-order valence-corrected chi connectivity index (χ3v) is 4.30. The molecule has 2 rings (SSSR count). The van der Waals surface area contributed by atoms with Gasteiger partial charge in [0.25, 0.3) is 0 Å². The number of thiazole rings is 1. The molecule has 0 aliphatic carbocycles. The zero-order valence-corrected chi connectivity index (χ0v) is 13.4. The molecule has 2 amide bonds. The number of carboxylic acid groups (broad SMARTS) is 1. The smallest absolute Gasteiger partial charge is 0.323 e. The molecular weight excluding hydrogens is 290 g/mol. The van der Waals surface area contributed by atoms with E-state index in [1.807, 2.05) is 5.38 Å². The third kappa shape index (κ3) is 3.93. The van der Waals surface area contributed by atoms with Crippen LogP contribution in [0.5, 0.6) is 0 Å². The Morgan fingerprint density at radius 1 is 1.48 bits per heavy atom. The fourth-order valence-electron chi connectivity index (χ4n) is 2.21. The van der Waals surface area contributed by atoms with Gasteiger partial charge in [-0.15, -0.1) is 11.3 Å². The molecule has 7 heteroatoms. The Hall–Kier alpha value is -1.63. The summed E-state index contributed by atoms with van der Waals surface area (Å²) in [6.45, 7) is 7.05. The first-order valence-corrected chi connectivity index (χ1v) is 7.90. The number of carbonyl (C=O) groups is 2. The van der Waals surface area contributed by atoms with Crippen LogP contribution < -0.4 is 5.32 Å². The van der Waals surface area contributed by atoms with Crippen LogP contribution in [0.1, 0.15) is 39.3 Å². The van der Waals surface area contributed by atoms with Crippen molar-refractivity contribution in [3.05, 3.63) is 11.1 Å². The SMILES string of the molecule is CC(C)(C)c1csc(NC(=O)N2CCC[C@@H](C(=O)O)C2)n1. The topological polar surface area (TPSA) is 82.5 Å². The highest BCUT2D eigenvalue weighted by atomic mass is 32.1. The summed E-state index contributed by atoms with van der Waals surface area (Å²) in [5.74, 6) is -1.30. The Labute approximate surface area is 128 Å². The van der Waals surface area contributed by atoms with Crippen LogP contribution in [0.2, 0.25) is 0 Å². The summed E-state index contributed by atoms with van der Waals surface area (Å²) >= 11 is 1.39. The first-order valence-electron chi connectivity index (χ1n) is 7.02. The van der Waals surface area contributed by atoms with E-state index in [9.17, 15) is 9.59 Å². The lowest BCUT2D eigenvalue weighted by Crippen LogP contribution is -2.44. The fourth-order valence-corrected chi connectivity index (χ4v) is 3.14. The predicted octanol–water partition coefficient (Wildman–Crippen LogP) is 2.77. The minimum absolute atomic E-state index is 0.0565. The number of aliphatic carboxylic acids is 1. The zero-order valence-electron chi connectivity index (χ0n) is 12.5. The van der Waals surface area contributed by atoms with Gasteiger partial charge in [0.05, 0.1) is 11.6 Å². The monoisotopic (exact) mass is 311 g/mol. The summed E-state index contributed by atoms with van der Waals surface area (Å²) in [5.41, 5.74) is 0.879. The van der Waals surface area contributed by atoms with Gasteiger partial charge in [-0.3, -0.25) is 10.1 Å². The second kappa shape index (κ2) is 6.01. The van der Waals surface area contributed by atoms with Crippen molar-refractivity contribution in [3.8, 4) is 0 Å². The predicted molar refractivity (Wildman–Crippen MR) is 81.8 cm³/mol. The maximum absolute atomic E-state index is 12.2. The standard InChI is InChI=1S/C14H21N3O3S/c1-14(2,3)10-8-21-12(15-10)16-13(20)17-6-4-5-9(7-17)11(18)19/h8-9H,4-7H2,1-3H3,(H,18,19)(H,15,16,20)/t9-/m1/s1. The Balaban J connectivity index is 1.98. The molecule has 0 radical (unpaired) electrons. The molecule has 2 N–H and O–H groups in total. The molecule has 0 aromatic carbocycles. The number of anilines is 1. The fraction of sp³-hybridized carbons (Fsp3) is 0.643. The molecule has 1 aliphatic rings. The summed E-state index contributed by atoms with van der Waals surface area (Å²) in [5, 5.41) is 14.3. The minimum Gasteiger partial charge on any atom is -0.481 e. The summed E-state index contributed by atoms with van der Waals surface area (Å²) in [6, 6.07) is -0.268. The number of hydrogen-bond donors (Lipinski definition) is 2. The van der Waals surface area contributed by atoms with Crippen molar-refractivity contribution in [2.24, 2.45) is 5.92 Å². The number of urea groups is 1. The number of aromatic nitrogens is 1. The Morgan fingerprint density at radius 2 is 2.19 bits per heavy atom. The molecule has 1 aromatic heterocycles. The Kier molecular flexibility index (Phi) is 4.51. The number of carbonyl (C=O) groups excluding carboxylic acids is 1. The molecule has 2 heterocycles. The average Bonchev–Trinajstić information content (AvgIpc) is 2.87. The van der Waals surface area contributed by atoms with Gasteiger partial charge in [-0.2, -0.15) is 0 Å². The molecule has 21 heavy (non-hydrogen) atoms. The van der Waals surface area contributed by atoms with Crippen molar-refractivity contribution >= 4 is 28.5 Å². The van der Waals surface area contributed by atoms with Gasteiger partial charge >= 0.3 is 12.0 Å². The van der Waals surface area contributed by atoms with Gasteiger partial charge in [-0.05, 0) is 12.8 Å². The van der Waals surface area contributed by atoms with Crippen LogP contribution in [-0.2, 0) is 10.2 Å². The molecule has 0 saturated carbocycles. The molecular formula is C14H21N3O3S. The molecule has 1 saturated heterocycles. The number of likely N-dealkylation sites (tertiary alicyclic amines) is 1. The average molecular weight is 311 g/mol. The van der Waals surface area contributed by atoms with Crippen molar-refractivity contribution in [3.63, 3.8) is 0 Å². The van der Waals surface area contributed by atoms with Crippen LogP contribution >= 0.6 is 11.3 Å². The van der Waals surface area contributed by atoms with E-state index in [1.54, 1.807) is 4.90 Å². The molecule has 6 nitrogen and oxygen atoms in total. The lowest BCUT2D eigenvalue weighted by atomic mass is 9.93. The molecule has 1 fully saturated rings. The zero-order chi connectivity index (χ0) is 15.6. The van der Waals surface area contributed by atoms with E-state index in [2.05, 4.69) is 31.1 Å². The van der Waals surface area contributed by atoms with Crippen LogP contribution in [0.25, 0.3) is 0 Å². The molecule has 0 unspecified atom stereocenters. The highest BCUT2D eigenvalue weighted by Crippen LogP contribution is 2.26. The summed E-state index contributed by atoms with van der Waals surface area (Å²) < 4.78 is 0. The second-order valence-electron chi connectivity index (χ2n) is 6.34. The quantitative estimate of drug-likeness (QED) is 0.880. The lowest BCUT2D eigenvalue weighted by Gasteiger charge is -2.30. The van der Waals surface area contributed by atoms with E-state index in [-0.39, 0.29) is 18.0 Å². The molecule has 116 valence electrons. The number of nitrogens with zero attached hydrogens (tertiary/aromatic N) is 2. The van der Waals surface area contributed by atoms with Crippen LogP contribution in [0.3, 0.4) is 0 Å². The summed E-state index contributed by atoms with van der Waals surface area (Å²) in [6.07, 6.45) is 1.35. The normalized spacial score (nSPS) is 19.4. The van der Waals surface area contributed by atoms with E-state index in [0.29, 0.717) is 18.1 Å². The number of amides is 2. The highest BCUT2D eigenvalue weighted by Gasteiger charge is 2.28. The third-order valence-electron chi connectivity index (χ3n) is 3.54. The molecule has 1 aliphatic heterocycles. The van der Waals surface area contributed by atoms with Gasteiger partial charge in [-0.25, -0.2) is 9.78 Å². The van der Waals surface area contributed by atoms with Crippen molar-refractivity contribution < 1.29 is 14.7 Å². The maximum atomic E-state index is 12.2. The van der Waals surface area contributed by atoms with Crippen LogP contribution in [0, 0.1) is 5.92 Å². The van der Waals surface area contributed by atoms with E-state index in [1.165, 1.54) is 11.3 Å². The minimum atomic E-state index is -0.836. The van der Waals surface area contributed by atoms with Crippen molar-refractivity contribution in [1.29, 1.82) is 0 Å². The van der Waals surface area contributed by atoms with Crippen LogP contribution in [0.15, 0.2) is 5.38 Å². The van der Waals surface area contributed by atoms with Crippen LogP contribution in [-0.4, -0.2) is 40.1 Å². The van der Waals surface area contributed by atoms with E-state index >= 15 is 0 Å². The molecule has 0 spiro atoms. The van der Waals surface area contributed by atoms with E-state index in [4.69, 9.17) is 5.11 Å². The molecule has 1 aromatic rings. The number of hydrogen-bond acceptors (Lipinski definition) is 4. The van der Waals surface area contributed by atoms with E-state index < -0.39 is 11.9 Å². The number of carboxylic acids is 1. The summed E-state index contributed by atoms with van der Waals surface area (Å²) in [7, 11) is 0. The van der Waals surface area contributed by atoms with Gasteiger partial charge in [0, 0.05) is 23.9 Å². The number of nitrogens with one attached hydrogen (secondary N) is 1. The van der Waals surface area contributed by atoms with Crippen molar-refractivity contribution in [2.75, 3.05) is 18.4 Å². The van der Waals surface area contributed by atoms with E-state index in [0.717, 1.165) is 12.1 Å². The second-order valence-corrected chi connectivity index (χ2v) is 7.20. The van der Waals surface area contributed by atoms with Gasteiger partial charge in [0.15, 0.2) is 5.13 Å². The largest absolute Gasteiger partial charge is 0.481 e. The molecule has 0 bridgehead atoms. The first-order chi connectivity index (χ1) is 9.77. The van der Waals surface area contributed by atoms with Gasteiger partial charge in [0.2, 0.25) is 0 Å². The Bertz CT molecular complexity index is 536. The van der Waals surface area contributed by atoms with Gasteiger partial charge < -0.3 is 10.0 Å². The Morgan fingerprint density at radius 3 is 2.76 bits per heavy atom.